The Morgan fingerprint density at radius 3 is 2.23 bits per heavy atom. The smallest absolute Gasteiger partial charge is 0.131 e. The maximum Gasteiger partial charge on any atom is 0.131 e. The summed E-state index contributed by atoms with van der Waals surface area (Å²) in [4.78, 5) is 0. The van der Waals surface area contributed by atoms with E-state index in [1.54, 1.807) is 0 Å². The molecule has 0 aromatic heterocycles. The topological polar surface area (TPSA) is 32.3 Å². The van der Waals surface area contributed by atoms with Gasteiger partial charge >= 0.3 is 0 Å². The van der Waals surface area contributed by atoms with Crippen LogP contribution in [-0.4, -0.2) is 5.11 Å². The highest BCUT2D eigenvalue weighted by Crippen LogP contribution is 2.06. The Labute approximate surface area is 80.0 Å². The van der Waals surface area contributed by atoms with Crippen molar-refractivity contribution in [1.29, 1.82) is 0 Å². The van der Waals surface area contributed by atoms with E-state index in [-0.39, 0.29) is 5.76 Å². The first-order valence-electron chi connectivity index (χ1n) is 4.17. The molecule has 0 aliphatic heterocycles. The van der Waals surface area contributed by atoms with Crippen LogP contribution in [0.1, 0.15) is 20.3 Å². The van der Waals surface area contributed by atoms with Crippen LogP contribution >= 0.6 is 0 Å². The fourth-order valence-electron chi connectivity index (χ4n) is 0.790. The lowest BCUT2D eigenvalue weighted by atomic mass is 10.2. The molecular weight excluding hydrogens is 162 g/mol. The minimum atomic E-state index is -0.0407. The molecule has 0 radical (unpaired) electrons. The largest absolute Gasteiger partial charge is 0.506 e. The molecule has 0 atom stereocenters. The standard InChI is InChI=1S/C11H17NO/c1-6-11(7-8(2)3)12-9(4)10(5)13/h7,12-13H,2,4-6H2,1,3H3/b11-7+. The molecule has 0 fully saturated rings. The summed E-state index contributed by atoms with van der Waals surface area (Å²) in [5.74, 6) is -0.0407. The summed E-state index contributed by atoms with van der Waals surface area (Å²) in [5, 5.41) is 11.9. The fourth-order valence-corrected chi connectivity index (χ4v) is 0.790. The maximum absolute atomic E-state index is 8.99. The van der Waals surface area contributed by atoms with Gasteiger partial charge in [-0.15, -0.1) is 0 Å². The second kappa shape index (κ2) is 5.25. The molecule has 0 aliphatic carbocycles. The van der Waals surface area contributed by atoms with Crippen molar-refractivity contribution in [2.24, 2.45) is 0 Å². The molecule has 0 aromatic carbocycles. The molecule has 0 bridgehead atoms. The zero-order valence-corrected chi connectivity index (χ0v) is 8.35. The lowest BCUT2D eigenvalue weighted by Crippen LogP contribution is -2.12. The molecule has 0 amide bonds. The number of nitrogens with one attached hydrogen (secondary N) is 1. The average molecular weight is 179 g/mol. The normalized spacial score (nSPS) is 10.8. The third-order valence-corrected chi connectivity index (χ3v) is 1.46. The molecule has 0 heterocycles. The Bertz CT molecular complexity index is 261. The van der Waals surface area contributed by atoms with Gasteiger partial charge in [-0.1, -0.05) is 32.2 Å². The van der Waals surface area contributed by atoms with E-state index in [0.29, 0.717) is 5.70 Å². The first-order valence-corrected chi connectivity index (χ1v) is 4.17. The summed E-state index contributed by atoms with van der Waals surface area (Å²) >= 11 is 0. The molecule has 2 N–H and O–H groups in total. The van der Waals surface area contributed by atoms with Gasteiger partial charge in [0.25, 0.3) is 0 Å². The Kier molecular flexibility index (Phi) is 4.67. The quantitative estimate of drug-likeness (QED) is 0.502. The molecule has 0 saturated heterocycles. The highest BCUT2D eigenvalue weighted by atomic mass is 16.3. The molecule has 0 unspecified atom stereocenters. The van der Waals surface area contributed by atoms with Crippen molar-refractivity contribution in [3.63, 3.8) is 0 Å². The summed E-state index contributed by atoms with van der Waals surface area (Å²) in [5.41, 5.74) is 2.35. The van der Waals surface area contributed by atoms with Gasteiger partial charge in [-0.2, -0.15) is 0 Å². The van der Waals surface area contributed by atoms with Crippen LogP contribution in [0.5, 0.6) is 0 Å². The highest BCUT2D eigenvalue weighted by Gasteiger charge is 1.98. The number of hydrogen-bond acceptors (Lipinski definition) is 2. The van der Waals surface area contributed by atoms with E-state index in [1.807, 2.05) is 19.9 Å². The van der Waals surface area contributed by atoms with Crippen LogP contribution in [0.15, 0.2) is 48.5 Å². The maximum atomic E-state index is 8.99. The van der Waals surface area contributed by atoms with Gasteiger partial charge in [-0.25, -0.2) is 0 Å². The molecule has 13 heavy (non-hydrogen) atoms. The van der Waals surface area contributed by atoms with E-state index in [9.17, 15) is 0 Å². The second-order valence-corrected chi connectivity index (χ2v) is 2.92. The number of rotatable bonds is 5. The minimum Gasteiger partial charge on any atom is -0.506 e. The van der Waals surface area contributed by atoms with Gasteiger partial charge in [0.1, 0.15) is 5.76 Å². The molecular formula is C11H17NO. The molecule has 72 valence electrons. The molecule has 0 saturated carbocycles. The van der Waals surface area contributed by atoms with Gasteiger partial charge < -0.3 is 10.4 Å². The third kappa shape index (κ3) is 4.90. The molecule has 0 rings (SSSR count). The SMILES string of the molecule is C=C(C)/C=C(\CC)NC(=C)C(=C)O. The van der Waals surface area contributed by atoms with Crippen LogP contribution in [0.2, 0.25) is 0 Å². The molecule has 2 heteroatoms. The lowest BCUT2D eigenvalue weighted by Gasteiger charge is -2.10. The first-order chi connectivity index (χ1) is 5.97. The number of aliphatic hydroxyl groups is 1. The Morgan fingerprint density at radius 1 is 1.38 bits per heavy atom. The number of aliphatic hydroxyl groups excluding tert-OH is 1. The second-order valence-electron chi connectivity index (χ2n) is 2.92. The van der Waals surface area contributed by atoms with Crippen LogP contribution in [-0.2, 0) is 0 Å². The van der Waals surface area contributed by atoms with E-state index < -0.39 is 0 Å². The molecule has 2 nitrogen and oxygen atoms in total. The summed E-state index contributed by atoms with van der Waals surface area (Å²) in [6.07, 6.45) is 2.74. The Morgan fingerprint density at radius 2 is 1.92 bits per heavy atom. The Hall–Kier alpha value is -1.44. The first kappa shape index (κ1) is 11.6. The van der Waals surface area contributed by atoms with Crippen molar-refractivity contribution in [3.05, 3.63) is 48.5 Å². The van der Waals surface area contributed by atoms with Gasteiger partial charge in [0.05, 0.1) is 5.70 Å². The zero-order valence-electron chi connectivity index (χ0n) is 8.35. The fraction of sp³-hybridized carbons (Fsp3) is 0.273. The summed E-state index contributed by atoms with van der Waals surface area (Å²) in [6, 6.07) is 0. The zero-order chi connectivity index (χ0) is 10.4. The molecule has 0 spiro atoms. The van der Waals surface area contributed by atoms with Crippen LogP contribution in [0.3, 0.4) is 0 Å². The number of allylic oxidation sites excluding steroid dienone is 3. The molecule has 0 aromatic rings. The van der Waals surface area contributed by atoms with Crippen LogP contribution in [0.4, 0.5) is 0 Å². The van der Waals surface area contributed by atoms with E-state index in [2.05, 4.69) is 25.1 Å². The van der Waals surface area contributed by atoms with Crippen molar-refractivity contribution in [3.8, 4) is 0 Å². The highest BCUT2D eigenvalue weighted by molar-refractivity contribution is 5.25. The van der Waals surface area contributed by atoms with Crippen molar-refractivity contribution >= 4 is 0 Å². The van der Waals surface area contributed by atoms with Crippen molar-refractivity contribution in [1.82, 2.24) is 5.32 Å². The average Bonchev–Trinajstić information content (AvgIpc) is 2.02. The van der Waals surface area contributed by atoms with E-state index in [0.717, 1.165) is 17.7 Å². The predicted molar refractivity (Wildman–Crippen MR) is 57.2 cm³/mol. The van der Waals surface area contributed by atoms with Gasteiger partial charge in [0, 0.05) is 5.70 Å². The predicted octanol–water partition coefficient (Wildman–Crippen LogP) is 3.03. The van der Waals surface area contributed by atoms with Gasteiger partial charge in [-0.3, -0.25) is 0 Å². The van der Waals surface area contributed by atoms with Crippen LogP contribution < -0.4 is 5.32 Å². The third-order valence-electron chi connectivity index (χ3n) is 1.46. The summed E-state index contributed by atoms with van der Waals surface area (Å²) < 4.78 is 0. The number of hydrogen-bond donors (Lipinski definition) is 2. The minimum absolute atomic E-state index is 0.0407. The van der Waals surface area contributed by atoms with E-state index >= 15 is 0 Å². The van der Waals surface area contributed by atoms with Crippen LogP contribution in [0.25, 0.3) is 0 Å². The Balaban J connectivity index is 4.38. The van der Waals surface area contributed by atoms with Crippen molar-refractivity contribution in [2.45, 2.75) is 20.3 Å². The monoisotopic (exact) mass is 179 g/mol. The molecule has 0 aliphatic rings. The van der Waals surface area contributed by atoms with E-state index in [4.69, 9.17) is 5.11 Å². The lowest BCUT2D eigenvalue weighted by molar-refractivity contribution is 0.420. The van der Waals surface area contributed by atoms with Crippen molar-refractivity contribution in [2.75, 3.05) is 0 Å². The van der Waals surface area contributed by atoms with E-state index in [1.165, 1.54) is 0 Å². The van der Waals surface area contributed by atoms with Gasteiger partial charge in [-0.05, 0) is 19.4 Å². The van der Waals surface area contributed by atoms with Crippen LogP contribution in [0, 0.1) is 0 Å². The summed E-state index contributed by atoms with van der Waals surface area (Å²) in [6.45, 7) is 14.7. The van der Waals surface area contributed by atoms with Gasteiger partial charge in [0.15, 0.2) is 0 Å². The van der Waals surface area contributed by atoms with Gasteiger partial charge in [0.2, 0.25) is 0 Å². The van der Waals surface area contributed by atoms with Crippen molar-refractivity contribution < 1.29 is 5.11 Å². The summed E-state index contributed by atoms with van der Waals surface area (Å²) in [7, 11) is 0.